The van der Waals surface area contributed by atoms with E-state index >= 15 is 0 Å². The van der Waals surface area contributed by atoms with Crippen LogP contribution in [0.4, 0.5) is 9.59 Å². The van der Waals surface area contributed by atoms with Crippen molar-refractivity contribution in [3.8, 4) is 0 Å². The molecule has 35 heavy (non-hydrogen) atoms. The van der Waals surface area contributed by atoms with Gasteiger partial charge in [0.2, 0.25) is 0 Å². The van der Waals surface area contributed by atoms with E-state index in [1.165, 1.54) is 0 Å². The van der Waals surface area contributed by atoms with Crippen LogP contribution in [0, 0.1) is 5.92 Å². The van der Waals surface area contributed by atoms with Crippen LogP contribution in [-0.4, -0.2) is 59.0 Å². The summed E-state index contributed by atoms with van der Waals surface area (Å²) in [5.74, 6) is -1.41. The second-order valence-corrected chi connectivity index (χ2v) is 11.3. The van der Waals surface area contributed by atoms with Crippen LogP contribution in [0.3, 0.4) is 0 Å². The zero-order valence-electron chi connectivity index (χ0n) is 22.2. The number of hydrogen-bond acceptors (Lipinski definition) is 6. The largest absolute Gasteiger partial charge is 0.480 e. The summed E-state index contributed by atoms with van der Waals surface area (Å²) in [7, 11) is 0. The number of urea groups is 1. The summed E-state index contributed by atoms with van der Waals surface area (Å²) in [6.45, 7) is 10.9. The maximum absolute atomic E-state index is 12.7. The van der Waals surface area contributed by atoms with E-state index in [2.05, 4.69) is 16.0 Å². The third kappa shape index (κ3) is 14.5. The second-order valence-electron chi connectivity index (χ2n) is 11.3. The molecule has 1 saturated carbocycles. The summed E-state index contributed by atoms with van der Waals surface area (Å²) in [5, 5.41) is 17.4. The predicted molar refractivity (Wildman–Crippen MR) is 132 cm³/mol. The summed E-state index contributed by atoms with van der Waals surface area (Å²) in [6.07, 6.45) is 6.44. The maximum atomic E-state index is 12.7. The van der Waals surface area contributed by atoms with Crippen LogP contribution in [0.2, 0.25) is 0 Å². The molecule has 0 spiro atoms. The van der Waals surface area contributed by atoms with Crippen molar-refractivity contribution < 1.29 is 33.8 Å². The minimum atomic E-state index is -1.09. The molecule has 1 rings (SSSR count). The predicted octanol–water partition coefficient (Wildman–Crippen LogP) is 4.11. The van der Waals surface area contributed by atoms with Gasteiger partial charge in [-0.2, -0.15) is 0 Å². The molecule has 0 heterocycles. The standard InChI is InChI=1S/C25H45N3O7/c1-24(2,3)34-21(31)18(14-10-11-15-26-23(33)35-25(4,5)6)27-22(32)28-19(20(29)30)16-17-12-8-7-9-13-17/h17-19H,7-16H2,1-6H3,(H,26,33)(H,29,30)(H2,27,28,32)/t18-,19+/m0/s1. The van der Waals surface area contributed by atoms with Gasteiger partial charge in [-0.3, -0.25) is 0 Å². The number of ether oxygens (including phenoxy) is 2. The number of rotatable bonds is 11. The fourth-order valence-electron chi connectivity index (χ4n) is 3.94. The Morgan fingerprint density at radius 1 is 0.857 bits per heavy atom. The van der Waals surface area contributed by atoms with Gasteiger partial charge in [0, 0.05) is 6.54 Å². The lowest BCUT2D eigenvalue weighted by molar-refractivity contribution is -0.157. The number of nitrogens with one attached hydrogen (secondary N) is 3. The fraction of sp³-hybridized carbons (Fsp3) is 0.840. The number of carbonyl (C=O) groups excluding carboxylic acids is 3. The zero-order chi connectivity index (χ0) is 26.6. The molecule has 1 aliphatic rings. The van der Waals surface area contributed by atoms with Crippen molar-refractivity contribution in [2.45, 2.75) is 123 Å². The van der Waals surface area contributed by atoms with Gasteiger partial charge in [0.25, 0.3) is 0 Å². The van der Waals surface area contributed by atoms with Crippen molar-refractivity contribution >= 4 is 24.1 Å². The Kier molecular flexibility index (Phi) is 12.3. The summed E-state index contributed by atoms with van der Waals surface area (Å²) in [5.41, 5.74) is -1.33. The van der Waals surface area contributed by atoms with E-state index in [1.54, 1.807) is 41.5 Å². The molecule has 1 fully saturated rings. The fourth-order valence-corrected chi connectivity index (χ4v) is 3.94. The lowest BCUT2D eigenvalue weighted by Crippen LogP contribution is -2.52. The van der Waals surface area contributed by atoms with Gasteiger partial charge in [-0.15, -0.1) is 0 Å². The number of hydrogen-bond donors (Lipinski definition) is 4. The van der Waals surface area contributed by atoms with Crippen molar-refractivity contribution in [1.29, 1.82) is 0 Å². The van der Waals surface area contributed by atoms with Gasteiger partial charge in [0.1, 0.15) is 23.3 Å². The van der Waals surface area contributed by atoms with E-state index in [-0.39, 0.29) is 12.3 Å². The molecule has 2 atom stereocenters. The van der Waals surface area contributed by atoms with E-state index in [1.807, 2.05) is 0 Å². The Morgan fingerprint density at radius 3 is 1.97 bits per heavy atom. The highest BCUT2D eigenvalue weighted by Crippen LogP contribution is 2.27. The van der Waals surface area contributed by atoms with Crippen LogP contribution in [0.25, 0.3) is 0 Å². The molecule has 202 valence electrons. The van der Waals surface area contributed by atoms with Crippen LogP contribution in [-0.2, 0) is 19.1 Å². The molecule has 0 unspecified atom stereocenters. The van der Waals surface area contributed by atoms with Crippen molar-refractivity contribution in [3.63, 3.8) is 0 Å². The topological polar surface area (TPSA) is 143 Å². The van der Waals surface area contributed by atoms with Gasteiger partial charge in [-0.05, 0) is 73.1 Å². The molecule has 10 nitrogen and oxygen atoms in total. The minimum Gasteiger partial charge on any atom is -0.480 e. The maximum Gasteiger partial charge on any atom is 0.407 e. The first-order chi connectivity index (χ1) is 16.2. The molecular formula is C25H45N3O7. The Labute approximate surface area is 209 Å². The molecule has 0 bridgehead atoms. The average Bonchev–Trinajstić information content (AvgIpc) is 2.70. The molecule has 10 heteroatoms. The van der Waals surface area contributed by atoms with Gasteiger partial charge in [0.15, 0.2) is 0 Å². The highest BCUT2D eigenvalue weighted by Gasteiger charge is 2.29. The summed E-state index contributed by atoms with van der Waals surface area (Å²) < 4.78 is 10.6. The lowest BCUT2D eigenvalue weighted by Gasteiger charge is -2.27. The van der Waals surface area contributed by atoms with Crippen molar-refractivity contribution in [3.05, 3.63) is 0 Å². The quantitative estimate of drug-likeness (QED) is 0.247. The van der Waals surface area contributed by atoms with Crippen LogP contribution < -0.4 is 16.0 Å². The lowest BCUT2D eigenvalue weighted by atomic mass is 9.85. The molecule has 4 N–H and O–H groups in total. The summed E-state index contributed by atoms with van der Waals surface area (Å²) in [4.78, 5) is 48.8. The molecule has 0 aromatic carbocycles. The molecular weight excluding hydrogens is 454 g/mol. The van der Waals surface area contributed by atoms with Crippen LogP contribution >= 0.6 is 0 Å². The van der Waals surface area contributed by atoms with Crippen LogP contribution in [0.5, 0.6) is 0 Å². The Balaban J connectivity index is 2.63. The highest BCUT2D eigenvalue weighted by atomic mass is 16.6. The third-order valence-corrected chi connectivity index (χ3v) is 5.48. The number of carboxylic acids is 1. The molecule has 0 aromatic heterocycles. The third-order valence-electron chi connectivity index (χ3n) is 5.48. The van der Waals surface area contributed by atoms with Gasteiger partial charge in [-0.1, -0.05) is 32.1 Å². The highest BCUT2D eigenvalue weighted by molar-refractivity contribution is 5.86. The normalized spacial score (nSPS) is 16.5. The smallest absolute Gasteiger partial charge is 0.407 e. The van der Waals surface area contributed by atoms with Crippen molar-refractivity contribution in [2.24, 2.45) is 5.92 Å². The van der Waals surface area contributed by atoms with Gasteiger partial charge < -0.3 is 30.5 Å². The minimum absolute atomic E-state index is 0.268. The number of esters is 1. The van der Waals surface area contributed by atoms with Crippen molar-refractivity contribution in [1.82, 2.24) is 16.0 Å². The number of unbranched alkanes of at least 4 members (excludes halogenated alkanes) is 1. The molecule has 0 aliphatic heterocycles. The Morgan fingerprint density at radius 2 is 1.43 bits per heavy atom. The first-order valence-electron chi connectivity index (χ1n) is 12.7. The second kappa shape index (κ2) is 14.1. The van der Waals surface area contributed by atoms with Gasteiger partial charge in [0.05, 0.1) is 0 Å². The zero-order valence-corrected chi connectivity index (χ0v) is 22.2. The SMILES string of the molecule is CC(C)(C)OC(=O)NCCCC[C@H](NC(=O)N[C@H](CC1CCCCC1)C(=O)O)C(=O)OC(C)(C)C. The van der Waals surface area contributed by atoms with E-state index in [0.717, 1.165) is 32.1 Å². The number of amides is 3. The molecule has 1 aliphatic carbocycles. The first-order valence-corrected chi connectivity index (χ1v) is 12.7. The van der Waals surface area contributed by atoms with E-state index in [9.17, 15) is 24.3 Å². The first kappa shape index (κ1) is 30.5. The Bertz CT molecular complexity index is 707. The number of carboxylic acid groups (broad SMARTS) is 1. The van der Waals surface area contributed by atoms with E-state index in [0.29, 0.717) is 25.8 Å². The summed E-state index contributed by atoms with van der Waals surface area (Å²) >= 11 is 0. The Hall–Kier alpha value is -2.52. The molecule has 3 amide bonds. The van der Waals surface area contributed by atoms with Crippen LogP contribution in [0.1, 0.15) is 99.3 Å². The summed E-state index contributed by atoms with van der Waals surface area (Å²) in [6, 6.07) is -2.67. The molecule has 0 aromatic rings. The molecule has 0 radical (unpaired) electrons. The average molecular weight is 500 g/mol. The van der Waals surface area contributed by atoms with Gasteiger partial charge >= 0.3 is 24.1 Å². The van der Waals surface area contributed by atoms with E-state index in [4.69, 9.17) is 9.47 Å². The monoisotopic (exact) mass is 499 g/mol. The number of alkyl carbamates (subject to hydrolysis) is 1. The van der Waals surface area contributed by atoms with E-state index < -0.39 is 47.3 Å². The van der Waals surface area contributed by atoms with Crippen molar-refractivity contribution in [2.75, 3.05) is 6.54 Å². The van der Waals surface area contributed by atoms with Crippen LogP contribution in [0.15, 0.2) is 0 Å². The number of carbonyl (C=O) groups is 4. The van der Waals surface area contributed by atoms with Gasteiger partial charge in [-0.25, -0.2) is 19.2 Å². The molecule has 0 saturated heterocycles. The number of aliphatic carboxylic acids is 1.